The minimum atomic E-state index is -0.0768. The number of rotatable bonds is 7. The van der Waals surface area contributed by atoms with E-state index < -0.39 is 0 Å². The van der Waals surface area contributed by atoms with Crippen molar-refractivity contribution in [3.63, 3.8) is 0 Å². The molecular formula is C18H27NO2. The molecule has 0 radical (unpaired) electrons. The molecule has 0 amide bonds. The van der Waals surface area contributed by atoms with Gasteiger partial charge in [0.15, 0.2) is 0 Å². The highest BCUT2D eigenvalue weighted by molar-refractivity contribution is 5.69. The first-order valence-corrected chi connectivity index (χ1v) is 8.23. The summed E-state index contributed by atoms with van der Waals surface area (Å²) in [5, 5.41) is 3.58. The Morgan fingerprint density at radius 3 is 2.57 bits per heavy atom. The van der Waals surface area contributed by atoms with Crippen molar-refractivity contribution in [2.24, 2.45) is 0 Å². The molecular weight excluding hydrogens is 262 g/mol. The van der Waals surface area contributed by atoms with E-state index in [2.05, 4.69) is 35.6 Å². The van der Waals surface area contributed by atoms with Gasteiger partial charge in [0.05, 0.1) is 6.61 Å². The first-order chi connectivity index (χ1) is 10.3. The van der Waals surface area contributed by atoms with Crippen molar-refractivity contribution in [3.05, 3.63) is 35.9 Å². The Morgan fingerprint density at radius 1 is 1.19 bits per heavy atom. The van der Waals surface area contributed by atoms with Crippen LogP contribution in [0.4, 0.5) is 0 Å². The molecule has 3 heteroatoms. The number of carbonyl (C=O) groups is 1. The molecule has 1 saturated carbocycles. The average Bonchev–Trinajstić information content (AvgIpc) is 2.53. The number of hydrogen-bond donors (Lipinski definition) is 1. The van der Waals surface area contributed by atoms with Crippen LogP contribution in [0.2, 0.25) is 0 Å². The third kappa shape index (κ3) is 5.50. The van der Waals surface area contributed by atoms with Crippen molar-refractivity contribution in [2.75, 3.05) is 13.2 Å². The van der Waals surface area contributed by atoms with E-state index in [1.54, 1.807) is 0 Å². The minimum Gasteiger partial charge on any atom is -0.466 e. The Morgan fingerprint density at radius 2 is 1.90 bits per heavy atom. The summed E-state index contributed by atoms with van der Waals surface area (Å²) in [5.41, 5.74) is 1.48. The normalized spacial score (nSPS) is 22.0. The molecule has 0 heterocycles. The smallest absolute Gasteiger partial charge is 0.305 e. The van der Waals surface area contributed by atoms with Crippen LogP contribution >= 0.6 is 0 Å². The second-order valence-corrected chi connectivity index (χ2v) is 5.82. The van der Waals surface area contributed by atoms with Crippen molar-refractivity contribution in [2.45, 2.75) is 57.4 Å². The fourth-order valence-electron chi connectivity index (χ4n) is 3.13. The van der Waals surface area contributed by atoms with Gasteiger partial charge in [0.1, 0.15) is 0 Å². The van der Waals surface area contributed by atoms with Crippen molar-refractivity contribution < 1.29 is 9.53 Å². The highest BCUT2D eigenvalue weighted by atomic mass is 16.5. The lowest BCUT2D eigenvalue weighted by atomic mass is 9.82. The van der Waals surface area contributed by atoms with Gasteiger partial charge in [0, 0.05) is 12.5 Å². The van der Waals surface area contributed by atoms with Gasteiger partial charge in [-0.1, -0.05) is 30.3 Å². The van der Waals surface area contributed by atoms with Crippen molar-refractivity contribution in [1.82, 2.24) is 5.32 Å². The molecule has 0 unspecified atom stereocenters. The van der Waals surface area contributed by atoms with Gasteiger partial charge in [-0.05, 0) is 57.1 Å². The number of nitrogens with one attached hydrogen (secondary N) is 1. The van der Waals surface area contributed by atoms with Crippen LogP contribution in [0.3, 0.4) is 0 Å². The maximum Gasteiger partial charge on any atom is 0.305 e. The number of carbonyl (C=O) groups excluding carboxylic acids is 1. The van der Waals surface area contributed by atoms with E-state index in [-0.39, 0.29) is 5.97 Å². The molecule has 1 aromatic rings. The van der Waals surface area contributed by atoms with Gasteiger partial charge in [-0.15, -0.1) is 0 Å². The number of hydrogen-bond acceptors (Lipinski definition) is 3. The number of esters is 1. The molecule has 21 heavy (non-hydrogen) atoms. The molecule has 0 aromatic heterocycles. The zero-order valence-corrected chi connectivity index (χ0v) is 13.0. The molecule has 116 valence electrons. The standard InChI is InChI=1S/C18H27NO2/c1-2-21-18(20)9-6-14-19-17-12-10-16(11-13-17)15-7-4-3-5-8-15/h3-5,7-8,16-17,19H,2,6,9-14H2,1H3. The van der Waals surface area contributed by atoms with Gasteiger partial charge in [-0.25, -0.2) is 0 Å². The van der Waals surface area contributed by atoms with Gasteiger partial charge in [-0.2, -0.15) is 0 Å². The van der Waals surface area contributed by atoms with Crippen LogP contribution in [0, 0.1) is 0 Å². The van der Waals surface area contributed by atoms with E-state index in [1.807, 2.05) is 6.92 Å². The van der Waals surface area contributed by atoms with Crippen LogP contribution < -0.4 is 5.32 Å². The summed E-state index contributed by atoms with van der Waals surface area (Å²) in [4.78, 5) is 11.2. The SMILES string of the molecule is CCOC(=O)CCCNC1CCC(c2ccccc2)CC1. The summed E-state index contributed by atoms with van der Waals surface area (Å²) >= 11 is 0. The lowest BCUT2D eigenvalue weighted by Gasteiger charge is -2.29. The molecule has 3 nitrogen and oxygen atoms in total. The topological polar surface area (TPSA) is 38.3 Å². The quantitative estimate of drug-likeness (QED) is 0.615. The van der Waals surface area contributed by atoms with Gasteiger partial charge in [0.25, 0.3) is 0 Å². The van der Waals surface area contributed by atoms with Crippen LogP contribution in [-0.2, 0) is 9.53 Å². The van der Waals surface area contributed by atoms with E-state index in [0.717, 1.165) is 18.9 Å². The molecule has 0 bridgehead atoms. The molecule has 1 fully saturated rings. The summed E-state index contributed by atoms with van der Waals surface area (Å²) in [6.45, 7) is 3.25. The molecule has 1 aliphatic carbocycles. The molecule has 1 aromatic carbocycles. The lowest BCUT2D eigenvalue weighted by molar-refractivity contribution is -0.143. The zero-order valence-electron chi connectivity index (χ0n) is 13.0. The Bertz CT molecular complexity index is 410. The van der Waals surface area contributed by atoms with E-state index in [9.17, 15) is 4.79 Å². The molecule has 0 saturated heterocycles. The summed E-state index contributed by atoms with van der Waals surface area (Å²) in [6.07, 6.45) is 6.40. The third-order valence-electron chi connectivity index (χ3n) is 4.29. The van der Waals surface area contributed by atoms with Crippen LogP contribution in [0.15, 0.2) is 30.3 Å². The maximum atomic E-state index is 11.2. The van der Waals surface area contributed by atoms with Gasteiger partial charge in [-0.3, -0.25) is 4.79 Å². The van der Waals surface area contributed by atoms with Gasteiger partial charge in [0.2, 0.25) is 0 Å². The Kier molecular flexibility index (Phi) is 6.74. The molecule has 1 N–H and O–H groups in total. The fraction of sp³-hybridized carbons (Fsp3) is 0.611. The van der Waals surface area contributed by atoms with Crippen molar-refractivity contribution in [3.8, 4) is 0 Å². The summed E-state index contributed by atoms with van der Waals surface area (Å²) in [5.74, 6) is 0.649. The van der Waals surface area contributed by atoms with E-state index in [1.165, 1.54) is 31.2 Å². The van der Waals surface area contributed by atoms with Gasteiger partial charge < -0.3 is 10.1 Å². The highest BCUT2D eigenvalue weighted by Crippen LogP contribution is 2.32. The Labute approximate surface area is 128 Å². The second kappa shape index (κ2) is 8.83. The molecule has 0 aliphatic heterocycles. The monoisotopic (exact) mass is 289 g/mol. The number of ether oxygens (including phenoxy) is 1. The fourth-order valence-corrected chi connectivity index (χ4v) is 3.13. The largest absolute Gasteiger partial charge is 0.466 e. The summed E-state index contributed by atoms with van der Waals surface area (Å²) in [7, 11) is 0. The van der Waals surface area contributed by atoms with E-state index in [0.29, 0.717) is 19.1 Å². The molecule has 2 rings (SSSR count). The van der Waals surface area contributed by atoms with Crippen LogP contribution in [0.5, 0.6) is 0 Å². The first-order valence-electron chi connectivity index (χ1n) is 8.23. The summed E-state index contributed by atoms with van der Waals surface area (Å²) in [6, 6.07) is 11.5. The second-order valence-electron chi connectivity index (χ2n) is 5.82. The van der Waals surface area contributed by atoms with E-state index >= 15 is 0 Å². The predicted molar refractivity (Wildman–Crippen MR) is 85.3 cm³/mol. The van der Waals surface area contributed by atoms with Crippen LogP contribution in [-0.4, -0.2) is 25.2 Å². The van der Waals surface area contributed by atoms with Crippen molar-refractivity contribution in [1.29, 1.82) is 0 Å². The van der Waals surface area contributed by atoms with Gasteiger partial charge >= 0.3 is 5.97 Å². The Balaban J connectivity index is 1.60. The predicted octanol–water partition coefficient (Wildman–Crippen LogP) is 3.65. The molecule has 1 aliphatic rings. The highest BCUT2D eigenvalue weighted by Gasteiger charge is 2.21. The number of benzene rings is 1. The molecule has 0 atom stereocenters. The minimum absolute atomic E-state index is 0.0768. The van der Waals surface area contributed by atoms with E-state index in [4.69, 9.17) is 4.74 Å². The molecule has 0 spiro atoms. The summed E-state index contributed by atoms with van der Waals surface area (Å²) < 4.78 is 4.93. The third-order valence-corrected chi connectivity index (χ3v) is 4.29. The first kappa shape index (κ1) is 16.0. The average molecular weight is 289 g/mol. The zero-order chi connectivity index (χ0) is 14.9. The lowest BCUT2D eigenvalue weighted by Crippen LogP contribution is -2.33. The maximum absolute atomic E-state index is 11.2. The Hall–Kier alpha value is -1.35. The van der Waals surface area contributed by atoms with Crippen molar-refractivity contribution >= 4 is 5.97 Å². The van der Waals surface area contributed by atoms with Crippen LogP contribution in [0.1, 0.15) is 56.9 Å². The van der Waals surface area contributed by atoms with Crippen LogP contribution in [0.25, 0.3) is 0 Å².